The maximum atomic E-state index is 13.1. The van der Waals surface area contributed by atoms with Gasteiger partial charge in [0.15, 0.2) is 0 Å². The summed E-state index contributed by atoms with van der Waals surface area (Å²) in [4.78, 5) is 16.4. The van der Waals surface area contributed by atoms with Crippen LogP contribution in [-0.4, -0.2) is 16.6 Å². The van der Waals surface area contributed by atoms with Gasteiger partial charge < -0.3 is 5.32 Å². The van der Waals surface area contributed by atoms with Gasteiger partial charge in [-0.1, -0.05) is 42.1 Å². The fourth-order valence-corrected chi connectivity index (χ4v) is 2.71. The number of pyridine rings is 1. The first-order chi connectivity index (χ1) is 10.7. The third-order valence-electron chi connectivity index (χ3n) is 3.03. The minimum absolute atomic E-state index is 0.189. The monoisotopic (exact) mass is 312 g/mol. The van der Waals surface area contributed by atoms with Gasteiger partial charge >= 0.3 is 0 Å². The number of carbonyl (C=O) groups excluding carboxylic acids is 1. The largest absolute Gasteiger partial charge is 0.325 e. The third-order valence-corrected chi connectivity index (χ3v) is 3.96. The third kappa shape index (κ3) is 3.62. The van der Waals surface area contributed by atoms with Gasteiger partial charge in [0.05, 0.1) is 16.3 Å². The van der Waals surface area contributed by atoms with Crippen molar-refractivity contribution in [2.45, 2.75) is 5.03 Å². The summed E-state index contributed by atoms with van der Waals surface area (Å²) in [5.41, 5.74) is 1.36. The van der Waals surface area contributed by atoms with E-state index in [1.54, 1.807) is 12.1 Å². The van der Waals surface area contributed by atoms with E-state index in [1.807, 2.05) is 36.4 Å². The highest BCUT2D eigenvalue weighted by Crippen LogP contribution is 2.20. The molecule has 0 aliphatic heterocycles. The molecule has 0 spiro atoms. The number of hydrogen-bond acceptors (Lipinski definition) is 3. The van der Waals surface area contributed by atoms with E-state index in [-0.39, 0.29) is 17.5 Å². The lowest BCUT2D eigenvalue weighted by atomic mass is 10.2. The van der Waals surface area contributed by atoms with Gasteiger partial charge in [-0.25, -0.2) is 9.37 Å². The average molecular weight is 312 g/mol. The second-order valence-corrected chi connectivity index (χ2v) is 5.69. The zero-order valence-corrected chi connectivity index (χ0v) is 12.4. The van der Waals surface area contributed by atoms with Gasteiger partial charge in [-0.2, -0.15) is 0 Å². The van der Waals surface area contributed by atoms with Crippen molar-refractivity contribution >= 4 is 34.3 Å². The van der Waals surface area contributed by atoms with Crippen molar-refractivity contribution in [3.8, 4) is 0 Å². The first kappa shape index (κ1) is 14.5. The zero-order valence-electron chi connectivity index (χ0n) is 11.6. The van der Waals surface area contributed by atoms with Crippen LogP contribution in [0.3, 0.4) is 0 Å². The lowest BCUT2D eigenvalue weighted by Crippen LogP contribution is -2.14. The molecule has 0 saturated carbocycles. The molecular weight excluding hydrogens is 299 g/mol. The maximum absolute atomic E-state index is 13.1. The second-order valence-electron chi connectivity index (χ2n) is 4.69. The Kier molecular flexibility index (Phi) is 4.34. The fourth-order valence-electron chi connectivity index (χ4n) is 2.03. The Balaban J connectivity index is 1.62. The summed E-state index contributed by atoms with van der Waals surface area (Å²) < 4.78 is 13.1. The molecule has 0 unspecified atom stereocenters. The van der Waals surface area contributed by atoms with E-state index >= 15 is 0 Å². The number of halogens is 1. The minimum Gasteiger partial charge on any atom is -0.325 e. The van der Waals surface area contributed by atoms with E-state index in [2.05, 4.69) is 10.3 Å². The van der Waals surface area contributed by atoms with Crippen LogP contribution in [0.5, 0.6) is 0 Å². The molecule has 0 fully saturated rings. The summed E-state index contributed by atoms with van der Waals surface area (Å²) in [6, 6.07) is 17.5. The first-order valence-electron chi connectivity index (χ1n) is 6.75. The molecule has 0 saturated heterocycles. The van der Waals surface area contributed by atoms with Crippen molar-refractivity contribution in [3.63, 3.8) is 0 Å². The van der Waals surface area contributed by atoms with Crippen LogP contribution in [0.1, 0.15) is 0 Å². The number of nitrogens with zero attached hydrogens (tertiary/aromatic N) is 1. The Hall–Kier alpha value is -2.40. The molecule has 3 aromatic rings. The number of anilines is 1. The summed E-state index contributed by atoms with van der Waals surface area (Å²) in [5.74, 6) is -0.339. The summed E-state index contributed by atoms with van der Waals surface area (Å²) in [7, 11) is 0. The van der Waals surface area contributed by atoms with Crippen molar-refractivity contribution < 1.29 is 9.18 Å². The van der Waals surface area contributed by atoms with E-state index in [9.17, 15) is 9.18 Å². The van der Waals surface area contributed by atoms with Crippen LogP contribution in [0.4, 0.5) is 10.1 Å². The molecule has 0 radical (unpaired) electrons. The maximum Gasteiger partial charge on any atom is 0.234 e. The van der Waals surface area contributed by atoms with E-state index < -0.39 is 0 Å². The number of fused-ring (bicyclic) bond motifs is 1. The number of amides is 1. The summed E-state index contributed by atoms with van der Waals surface area (Å²) in [6.45, 7) is 0. The number of para-hydroxylation sites is 1. The standard InChI is InChI=1S/C17H13FN2OS/c18-13-5-3-6-14(10-13)19-16(21)11-22-17-9-8-12-4-1-2-7-15(12)20-17/h1-10H,11H2,(H,19,21). The normalized spacial score (nSPS) is 10.6. The molecule has 0 aliphatic rings. The Labute approximate surface area is 131 Å². The molecule has 0 bridgehead atoms. The number of thioether (sulfide) groups is 1. The van der Waals surface area contributed by atoms with Gasteiger partial charge in [-0.05, 0) is 30.3 Å². The van der Waals surface area contributed by atoms with Crippen LogP contribution < -0.4 is 5.32 Å². The molecule has 2 aromatic carbocycles. The molecule has 1 heterocycles. The van der Waals surface area contributed by atoms with Crippen molar-refractivity contribution in [1.82, 2.24) is 4.98 Å². The predicted molar refractivity (Wildman–Crippen MR) is 87.5 cm³/mol. The molecule has 110 valence electrons. The van der Waals surface area contributed by atoms with Gasteiger partial charge in [0.1, 0.15) is 5.82 Å². The molecule has 0 atom stereocenters. The van der Waals surface area contributed by atoms with Crippen molar-refractivity contribution in [2.75, 3.05) is 11.1 Å². The van der Waals surface area contributed by atoms with E-state index in [0.717, 1.165) is 15.9 Å². The predicted octanol–water partition coefficient (Wildman–Crippen LogP) is 4.10. The smallest absolute Gasteiger partial charge is 0.234 e. The van der Waals surface area contributed by atoms with Gasteiger partial charge in [-0.3, -0.25) is 4.79 Å². The Morgan fingerprint density at radius 3 is 2.82 bits per heavy atom. The molecule has 1 N–H and O–H groups in total. The average Bonchev–Trinajstić information content (AvgIpc) is 2.53. The Morgan fingerprint density at radius 2 is 1.95 bits per heavy atom. The summed E-state index contributed by atoms with van der Waals surface area (Å²) >= 11 is 1.35. The number of carbonyl (C=O) groups is 1. The highest BCUT2D eigenvalue weighted by molar-refractivity contribution is 7.99. The molecule has 1 aromatic heterocycles. The SMILES string of the molecule is O=C(CSc1ccc2ccccc2n1)Nc1cccc(F)c1. The highest BCUT2D eigenvalue weighted by atomic mass is 32.2. The molecule has 3 rings (SSSR count). The summed E-state index contributed by atoms with van der Waals surface area (Å²) in [6.07, 6.45) is 0. The van der Waals surface area contributed by atoms with E-state index in [1.165, 1.54) is 23.9 Å². The quantitative estimate of drug-likeness (QED) is 0.737. The molecule has 22 heavy (non-hydrogen) atoms. The van der Waals surface area contributed by atoms with Crippen molar-refractivity contribution in [1.29, 1.82) is 0 Å². The summed E-state index contributed by atoms with van der Waals surface area (Å²) in [5, 5.41) is 4.51. The fraction of sp³-hybridized carbons (Fsp3) is 0.0588. The molecule has 0 aliphatic carbocycles. The van der Waals surface area contributed by atoms with Crippen LogP contribution >= 0.6 is 11.8 Å². The zero-order chi connectivity index (χ0) is 15.4. The molecular formula is C17H13FN2OS. The van der Waals surface area contributed by atoms with Crippen LogP contribution in [0.15, 0.2) is 65.7 Å². The lowest BCUT2D eigenvalue weighted by Gasteiger charge is -2.05. The minimum atomic E-state index is -0.373. The Morgan fingerprint density at radius 1 is 1.09 bits per heavy atom. The number of nitrogens with one attached hydrogen (secondary N) is 1. The molecule has 3 nitrogen and oxygen atoms in total. The van der Waals surface area contributed by atoms with Gasteiger partial charge in [-0.15, -0.1) is 0 Å². The highest BCUT2D eigenvalue weighted by Gasteiger charge is 2.06. The lowest BCUT2D eigenvalue weighted by molar-refractivity contribution is -0.113. The second kappa shape index (κ2) is 6.58. The Bertz CT molecular complexity index is 822. The van der Waals surface area contributed by atoms with Crippen LogP contribution in [0.25, 0.3) is 10.9 Å². The van der Waals surface area contributed by atoms with Crippen molar-refractivity contribution in [2.24, 2.45) is 0 Å². The van der Waals surface area contributed by atoms with E-state index in [4.69, 9.17) is 0 Å². The number of rotatable bonds is 4. The van der Waals surface area contributed by atoms with Gasteiger partial charge in [0, 0.05) is 11.1 Å². The van der Waals surface area contributed by atoms with Gasteiger partial charge in [0.2, 0.25) is 5.91 Å². The van der Waals surface area contributed by atoms with Crippen LogP contribution in [-0.2, 0) is 4.79 Å². The number of aromatic nitrogens is 1. The van der Waals surface area contributed by atoms with Crippen LogP contribution in [0, 0.1) is 5.82 Å². The number of hydrogen-bond donors (Lipinski definition) is 1. The topological polar surface area (TPSA) is 42.0 Å². The van der Waals surface area contributed by atoms with Crippen LogP contribution in [0.2, 0.25) is 0 Å². The first-order valence-corrected chi connectivity index (χ1v) is 7.73. The number of benzene rings is 2. The van der Waals surface area contributed by atoms with Gasteiger partial charge in [0.25, 0.3) is 0 Å². The van der Waals surface area contributed by atoms with E-state index in [0.29, 0.717) is 5.69 Å². The molecule has 5 heteroatoms. The van der Waals surface area contributed by atoms with Crippen molar-refractivity contribution in [3.05, 3.63) is 66.5 Å². The molecule has 1 amide bonds.